The highest BCUT2D eigenvalue weighted by Crippen LogP contribution is 2.42. The van der Waals surface area contributed by atoms with Gasteiger partial charge >= 0.3 is 0 Å². The summed E-state index contributed by atoms with van der Waals surface area (Å²) in [6.45, 7) is 11.1. The van der Waals surface area contributed by atoms with Crippen molar-refractivity contribution in [2.75, 3.05) is 19.6 Å². The Hall–Kier alpha value is -3.61. The highest BCUT2D eigenvalue weighted by Gasteiger charge is 2.45. The zero-order valence-electron chi connectivity index (χ0n) is 24.1. The lowest BCUT2D eigenvalue weighted by Gasteiger charge is -2.43. The van der Waals surface area contributed by atoms with Crippen LogP contribution in [0, 0.1) is 25.7 Å². The molecule has 1 heterocycles. The van der Waals surface area contributed by atoms with E-state index in [0.717, 1.165) is 16.7 Å². The van der Waals surface area contributed by atoms with Crippen molar-refractivity contribution in [3.05, 3.63) is 107 Å². The minimum Gasteiger partial charge on any atom is -0.301 e. The van der Waals surface area contributed by atoms with Gasteiger partial charge in [-0.2, -0.15) is 0 Å². The maximum absolute atomic E-state index is 14.1. The number of hydroxylamine groups is 1. The number of aryl methyl sites for hydroxylation is 1. The average Bonchev–Trinajstić information content (AvgIpc) is 2.96. The van der Waals surface area contributed by atoms with Gasteiger partial charge in [-0.05, 0) is 51.3 Å². The molecular weight excluding hydrogens is 500 g/mol. The van der Waals surface area contributed by atoms with Crippen molar-refractivity contribution in [1.82, 2.24) is 10.4 Å². The molecule has 3 aromatic carbocycles. The summed E-state index contributed by atoms with van der Waals surface area (Å²) in [5, 5.41) is 0. The quantitative estimate of drug-likeness (QED) is 0.269. The molecule has 1 aliphatic heterocycles. The van der Waals surface area contributed by atoms with E-state index in [4.69, 9.17) is 4.84 Å². The Bertz CT molecular complexity index is 1270. The van der Waals surface area contributed by atoms with E-state index in [2.05, 4.69) is 36.4 Å². The highest BCUT2D eigenvalue weighted by molar-refractivity contribution is 6.02. The van der Waals surface area contributed by atoms with Crippen LogP contribution in [-0.4, -0.2) is 47.6 Å². The number of carbonyl (C=O) groups excluding carboxylic acids is 3. The van der Waals surface area contributed by atoms with Crippen LogP contribution < -0.4 is 5.48 Å². The highest BCUT2D eigenvalue weighted by atomic mass is 16.7. The third kappa shape index (κ3) is 7.12. The van der Waals surface area contributed by atoms with Gasteiger partial charge in [0.1, 0.15) is 0 Å². The summed E-state index contributed by atoms with van der Waals surface area (Å²) in [6, 6.07) is 24.8. The van der Waals surface area contributed by atoms with Gasteiger partial charge in [0, 0.05) is 54.9 Å². The lowest BCUT2D eigenvalue weighted by atomic mass is 9.67. The Morgan fingerprint density at radius 2 is 1.32 bits per heavy atom. The van der Waals surface area contributed by atoms with Gasteiger partial charge in [-0.1, -0.05) is 78.9 Å². The van der Waals surface area contributed by atoms with Crippen molar-refractivity contribution in [3.8, 4) is 0 Å². The van der Waals surface area contributed by atoms with Gasteiger partial charge in [-0.25, -0.2) is 5.48 Å². The van der Waals surface area contributed by atoms with Crippen molar-refractivity contribution >= 4 is 17.5 Å². The van der Waals surface area contributed by atoms with Crippen molar-refractivity contribution < 1.29 is 19.2 Å². The number of nitrogens with zero attached hydrogens (tertiary/aromatic N) is 1. The second kappa shape index (κ2) is 12.7. The van der Waals surface area contributed by atoms with E-state index in [1.807, 2.05) is 87.5 Å². The van der Waals surface area contributed by atoms with Crippen LogP contribution in [0.4, 0.5) is 0 Å². The third-order valence-electron chi connectivity index (χ3n) is 7.70. The lowest BCUT2D eigenvalue weighted by molar-refractivity contribution is -0.146. The molecule has 1 fully saturated rings. The molecule has 0 saturated carbocycles. The average molecular weight is 541 g/mol. The van der Waals surface area contributed by atoms with Gasteiger partial charge in [0.25, 0.3) is 0 Å². The molecule has 0 radical (unpaired) electrons. The number of likely N-dealkylation sites (tertiary alicyclic amines) is 1. The molecule has 1 saturated heterocycles. The first-order valence-corrected chi connectivity index (χ1v) is 14.0. The molecule has 4 rings (SSSR count). The van der Waals surface area contributed by atoms with Crippen LogP contribution in [0.5, 0.6) is 0 Å². The van der Waals surface area contributed by atoms with Crippen LogP contribution >= 0.6 is 0 Å². The summed E-state index contributed by atoms with van der Waals surface area (Å²) in [6.07, 6.45) is 0.197. The summed E-state index contributed by atoms with van der Waals surface area (Å²) >= 11 is 0. The number of nitrogens with one attached hydrogen (secondary N) is 1. The lowest BCUT2D eigenvalue weighted by Crippen LogP contribution is -2.51. The molecule has 2 atom stereocenters. The number of benzene rings is 3. The number of carbonyl (C=O) groups is 3. The molecule has 1 N–H and O–H groups in total. The van der Waals surface area contributed by atoms with E-state index >= 15 is 0 Å². The van der Waals surface area contributed by atoms with E-state index in [0.29, 0.717) is 30.8 Å². The normalized spacial score (nSPS) is 19.7. The van der Waals surface area contributed by atoms with Gasteiger partial charge in [-0.15, -0.1) is 0 Å². The van der Waals surface area contributed by atoms with E-state index in [1.54, 1.807) is 0 Å². The Balaban J connectivity index is 1.72. The fourth-order valence-corrected chi connectivity index (χ4v) is 5.54. The predicted octanol–water partition coefficient (Wildman–Crippen LogP) is 5.94. The first kappa shape index (κ1) is 29.4. The Kier molecular flexibility index (Phi) is 9.33. The maximum atomic E-state index is 14.1. The number of hydrogen-bond acceptors (Lipinski definition) is 5. The number of rotatable bonds is 9. The molecule has 0 aliphatic carbocycles. The molecule has 2 unspecified atom stereocenters. The van der Waals surface area contributed by atoms with Gasteiger partial charge in [0.2, 0.25) is 5.91 Å². The third-order valence-corrected chi connectivity index (χ3v) is 7.70. The summed E-state index contributed by atoms with van der Waals surface area (Å²) in [5.41, 5.74) is 6.57. The number of amides is 1. The monoisotopic (exact) mass is 540 g/mol. The van der Waals surface area contributed by atoms with E-state index < -0.39 is 17.4 Å². The molecule has 0 bridgehead atoms. The van der Waals surface area contributed by atoms with Crippen LogP contribution in [0.1, 0.15) is 70.5 Å². The van der Waals surface area contributed by atoms with Crippen LogP contribution in [0.25, 0.3) is 0 Å². The number of ketones is 2. The van der Waals surface area contributed by atoms with E-state index in [-0.39, 0.29) is 29.8 Å². The summed E-state index contributed by atoms with van der Waals surface area (Å²) < 4.78 is 0. The van der Waals surface area contributed by atoms with Crippen molar-refractivity contribution in [3.63, 3.8) is 0 Å². The molecule has 0 aromatic heterocycles. The number of piperidine rings is 1. The molecule has 210 valence electrons. The van der Waals surface area contributed by atoms with Crippen LogP contribution in [0.15, 0.2) is 78.9 Å². The topological polar surface area (TPSA) is 75.7 Å². The van der Waals surface area contributed by atoms with Crippen molar-refractivity contribution in [2.24, 2.45) is 11.8 Å². The molecule has 1 aliphatic rings. The molecule has 6 nitrogen and oxygen atoms in total. The molecular formula is C34H40N2O4. The number of Topliss-reactive ketones (excluding diaryl/α,β-unsaturated/α-hetero) is 2. The van der Waals surface area contributed by atoms with Gasteiger partial charge in [0.05, 0.1) is 5.60 Å². The van der Waals surface area contributed by atoms with Gasteiger partial charge < -0.3 is 4.90 Å². The first-order valence-electron chi connectivity index (χ1n) is 14.0. The molecule has 1 amide bonds. The van der Waals surface area contributed by atoms with Crippen molar-refractivity contribution in [2.45, 2.75) is 52.6 Å². The largest absolute Gasteiger partial charge is 0.301 e. The predicted molar refractivity (Wildman–Crippen MR) is 157 cm³/mol. The Morgan fingerprint density at radius 3 is 1.82 bits per heavy atom. The Morgan fingerprint density at radius 1 is 0.800 bits per heavy atom. The van der Waals surface area contributed by atoms with Crippen LogP contribution in [0.2, 0.25) is 0 Å². The maximum Gasteiger partial charge on any atom is 0.244 e. The van der Waals surface area contributed by atoms with Crippen molar-refractivity contribution in [1.29, 1.82) is 0 Å². The second-order valence-electron chi connectivity index (χ2n) is 11.7. The van der Waals surface area contributed by atoms with Crippen LogP contribution in [0.3, 0.4) is 0 Å². The Labute approximate surface area is 237 Å². The smallest absolute Gasteiger partial charge is 0.244 e. The minimum atomic E-state index is -0.500. The zero-order valence-corrected chi connectivity index (χ0v) is 24.1. The van der Waals surface area contributed by atoms with Gasteiger partial charge in [-0.3, -0.25) is 19.2 Å². The summed E-state index contributed by atoms with van der Waals surface area (Å²) in [7, 11) is 0. The second-order valence-corrected chi connectivity index (χ2v) is 11.7. The van der Waals surface area contributed by atoms with E-state index in [9.17, 15) is 14.4 Å². The van der Waals surface area contributed by atoms with Gasteiger partial charge in [0.15, 0.2) is 11.6 Å². The fraction of sp³-hybridized carbons (Fsp3) is 0.382. The molecule has 40 heavy (non-hydrogen) atoms. The summed E-state index contributed by atoms with van der Waals surface area (Å²) in [4.78, 5) is 48.4. The SMILES string of the molecule is Cc1cccc(C2C(C(=O)c3ccccc3)CN(CCC(=O)NOC(C)(C)C)CC2C(=O)c2ccccc2)c1C. The molecule has 0 spiro atoms. The fourth-order valence-electron chi connectivity index (χ4n) is 5.54. The van der Waals surface area contributed by atoms with Crippen LogP contribution in [-0.2, 0) is 9.63 Å². The van der Waals surface area contributed by atoms with E-state index in [1.165, 1.54) is 0 Å². The molecule has 6 heteroatoms. The standard InChI is InChI=1S/C34H40N2O4/c1-23-13-12-18-27(24(23)2)31-28(32(38)25-14-8-6-9-15-25)21-36(20-19-30(37)35-40-34(3,4)5)22-29(31)33(39)26-16-10-7-11-17-26/h6-18,28-29,31H,19-22H2,1-5H3,(H,35,37). The first-order chi connectivity index (χ1) is 19.0. The molecule has 3 aromatic rings. The number of hydrogen-bond donors (Lipinski definition) is 1. The zero-order chi connectivity index (χ0) is 28.9. The summed E-state index contributed by atoms with van der Waals surface area (Å²) in [5.74, 6) is -1.41. The minimum absolute atomic E-state index is 0.0163.